The number of benzene rings is 1. The summed E-state index contributed by atoms with van der Waals surface area (Å²) in [4.78, 5) is 0. The van der Waals surface area contributed by atoms with Gasteiger partial charge in [0.25, 0.3) is 0 Å². The largest absolute Gasteiger partial charge is 1.00 e. The third-order valence-corrected chi connectivity index (χ3v) is 11.5. The van der Waals surface area contributed by atoms with Crippen molar-refractivity contribution in [1.82, 2.24) is 4.23 Å². The van der Waals surface area contributed by atoms with Crippen LogP contribution in [0.4, 0.5) is 0 Å². The van der Waals surface area contributed by atoms with Crippen LogP contribution in [0.15, 0.2) is 30.5 Å². The monoisotopic (exact) mass is 533 g/mol. The summed E-state index contributed by atoms with van der Waals surface area (Å²) in [6.07, 6.45) is 6.40. The van der Waals surface area contributed by atoms with E-state index in [1.165, 1.54) is 10.9 Å². The Morgan fingerprint density at radius 1 is 0.867 bits per heavy atom. The molecule has 0 amide bonds. The molecule has 0 saturated heterocycles. The summed E-state index contributed by atoms with van der Waals surface area (Å²) < 4.78 is 25.1. The number of hydrogen-bond donors (Lipinski definition) is 0. The molecule has 0 aliphatic carbocycles. The molecule has 0 fully saturated rings. The average molecular weight is 534 g/mol. The fourth-order valence-corrected chi connectivity index (χ4v) is 10.8. The Morgan fingerprint density at radius 3 is 1.57 bits per heavy atom. The Bertz CT molecular complexity index is 679. The van der Waals surface area contributed by atoms with E-state index in [1.807, 2.05) is 18.6 Å². The van der Waals surface area contributed by atoms with Gasteiger partial charge in [-0.1, -0.05) is 53.3 Å². The summed E-state index contributed by atoms with van der Waals surface area (Å²) in [7, 11) is -1.62. The maximum absolute atomic E-state index is 7.50. The van der Waals surface area contributed by atoms with Crippen molar-refractivity contribution < 1.29 is 48.4 Å². The number of nitrogens with zero attached hydrogens (tertiary/aromatic N) is 1. The van der Waals surface area contributed by atoms with Crippen molar-refractivity contribution in [1.29, 1.82) is 0 Å². The molecule has 0 spiro atoms. The number of fused-ring (bicyclic) bond motifs is 1. The van der Waals surface area contributed by atoms with Crippen molar-refractivity contribution in [2.24, 2.45) is 0 Å². The van der Waals surface area contributed by atoms with E-state index in [2.05, 4.69) is 96.2 Å². The minimum absolute atomic E-state index is 0. The van der Waals surface area contributed by atoms with Crippen LogP contribution in [0.1, 0.15) is 41.5 Å². The van der Waals surface area contributed by atoms with Gasteiger partial charge in [-0.05, 0) is 29.1 Å². The Morgan fingerprint density at radius 2 is 1.23 bits per heavy atom. The Balaban J connectivity index is -0.000000167. The first-order valence-corrected chi connectivity index (χ1v) is 12.6. The van der Waals surface area contributed by atoms with Crippen LogP contribution in [0.5, 0.6) is 0 Å². The van der Waals surface area contributed by atoms with E-state index in [9.17, 15) is 0 Å². The normalized spacial score (nSPS) is 9.10. The average Bonchev–Trinajstić information content (AvgIpc) is 3.11. The standard InChI is InChI=1S/C17H26NSi.C2H6S.3CO.Cr.Cu/c1-13(2)19(14(3)4,15(5)6)18-12-11-16-9-7-8-10-17(16)18;1-3-2;3*1-2;;/h7-8,10-15H,1-6H3;1-2H3;;;;;/q-1;;;;;;+1. The number of aromatic nitrogens is 1. The molecule has 0 saturated carbocycles. The minimum atomic E-state index is -1.62. The van der Waals surface area contributed by atoms with Gasteiger partial charge in [-0.15, -0.1) is 35.7 Å². The zero-order chi connectivity index (χ0) is 22.9. The first kappa shape index (κ1) is 40.0. The van der Waals surface area contributed by atoms with E-state index in [4.69, 9.17) is 14.0 Å². The molecule has 0 bridgehead atoms. The van der Waals surface area contributed by atoms with Gasteiger partial charge in [-0.2, -0.15) is 11.8 Å². The Labute approximate surface area is 209 Å². The molecular weight excluding hydrogens is 502 g/mol. The van der Waals surface area contributed by atoms with Crippen molar-refractivity contribution in [3.8, 4) is 0 Å². The van der Waals surface area contributed by atoms with Crippen molar-refractivity contribution in [3.63, 3.8) is 0 Å². The second-order valence-corrected chi connectivity index (χ2v) is 13.5. The maximum Gasteiger partial charge on any atom is 1.00 e. The van der Waals surface area contributed by atoms with Crippen LogP contribution in [0, 0.1) is 26.0 Å². The quantitative estimate of drug-likeness (QED) is 0.257. The van der Waals surface area contributed by atoms with Crippen molar-refractivity contribution in [2.75, 3.05) is 12.5 Å². The Hall–Kier alpha value is -0.401. The zero-order valence-corrected chi connectivity index (χ0v) is 22.9. The fraction of sp³-hybridized carbons (Fsp3) is 0.500. The van der Waals surface area contributed by atoms with E-state index in [0.717, 1.165) is 16.6 Å². The van der Waals surface area contributed by atoms with E-state index in [1.54, 1.807) is 11.8 Å². The van der Waals surface area contributed by atoms with Gasteiger partial charge >= 0.3 is 51.0 Å². The molecule has 0 atom stereocenters. The predicted molar refractivity (Wildman–Crippen MR) is 118 cm³/mol. The van der Waals surface area contributed by atoms with Crippen molar-refractivity contribution >= 4 is 30.9 Å². The number of hydrogen-bond acceptors (Lipinski definition) is 1. The smallest absolute Gasteiger partial charge is 0 e. The van der Waals surface area contributed by atoms with E-state index in [-0.39, 0.29) is 34.4 Å². The molecule has 30 heavy (non-hydrogen) atoms. The second-order valence-electron chi connectivity index (χ2n) is 6.91. The maximum atomic E-state index is 7.50. The van der Waals surface area contributed by atoms with E-state index >= 15 is 0 Å². The second kappa shape index (κ2) is 23.3. The molecule has 0 unspecified atom stereocenters. The summed E-state index contributed by atoms with van der Waals surface area (Å²) in [5, 5.41) is 1.25. The SMILES string of the molecule is CC(C)[Si](C(C)C)(C(C)C)n1ccc2[c-]cccc21.CSC.[C-]#[O+].[C-]#[O+].[C-]#[O+].[Cr].[Cu+]. The first-order chi connectivity index (χ1) is 13.3. The van der Waals surface area contributed by atoms with Crippen molar-refractivity contribution in [2.45, 2.75) is 58.2 Å². The molecule has 2 aromatic rings. The number of thioether (sulfide) groups is 1. The van der Waals surface area contributed by atoms with Gasteiger partial charge in [0.1, 0.15) is 0 Å². The molecule has 0 aliphatic heterocycles. The molecule has 1 aromatic heterocycles. The molecule has 0 N–H and O–H groups in total. The van der Waals surface area contributed by atoms with Gasteiger partial charge in [0.05, 0.1) is 0 Å². The molecule has 1 aromatic carbocycles. The van der Waals surface area contributed by atoms with Crippen LogP contribution < -0.4 is 0 Å². The molecule has 8 heteroatoms. The third-order valence-electron chi connectivity index (χ3n) is 4.71. The summed E-state index contributed by atoms with van der Waals surface area (Å²) in [5.74, 6) is 0. The van der Waals surface area contributed by atoms with Crippen LogP contribution in [0.25, 0.3) is 10.9 Å². The fourth-order valence-electron chi connectivity index (χ4n) is 4.19. The topological polar surface area (TPSA) is 64.6 Å². The molecule has 4 nitrogen and oxygen atoms in total. The van der Waals surface area contributed by atoms with Gasteiger partial charge < -0.3 is 4.23 Å². The zero-order valence-electron chi connectivity index (χ0n) is 18.9. The van der Waals surface area contributed by atoms with Gasteiger partial charge in [0, 0.05) is 17.4 Å². The molecule has 1 heterocycles. The summed E-state index contributed by atoms with van der Waals surface area (Å²) in [5.41, 5.74) is 3.54. The van der Waals surface area contributed by atoms with Crippen LogP contribution in [0.3, 0.4) is 0 Å². The van der Waals surface area contributed by atoms with Gasteiger partial charge in [0.15, 0.2) is 8.24 Å². The van der Waals surface area contributed by atoms with E-state index < -0.39 is 8.24 Å². The van der Waals surface area contributed by atoms with Gasteiger partial charge in [0.2, 0.25) is 0 Å². The summed E-state index contributed by atoms with van der Waals surface area (Å²) in [6.45, 7) is 27.9. The first-order valence-electron chi connectivity index (χ1n) is 8.83. The third kappa shape index (κ3) is 10.3. The van der Waals surface area contributed by atoms with Crippen LogP contribution in [-0.2, 0) is 48.4 Å². The van der Waals surface area contributed by atoms with Crippen LogP contribution in [-0.4, -0.2) is 25.0 Å². The summed E-state index contributed by atoms with van der Waals surface area (Å²) >= 11 is 1.75. The van der Waals surface area contributed by atoms with Gasteiger partial charge in [-0.25, -0.2) is 0 Å². The van der Waals surface area contributed by atoms with Crippen molar-refractivity contribution in [3.05, 3.63) is 56.5 Å². The van der Waals surface area contributed by atoms with E-state index in [0.29, 0.717) is 0 Å². The molecule has 170 valence electrons. The summed E-state index contributed by atoms with van der Waals surface area (Å²) in [6, 6.07) is 12.0. The van der Waals surface area contributed by atoms with Crippen LogP contribution in [0.2, 0.25) is 16.6 Å². The van der Waals surface area contributed by atoms with Gasteiger partial charge in [-0.3, -0.25) is 0 Å². The predicted octanol–water partition coefficient (Wildman–Crippen LogP) is 6.33. The molecule has 2 rings (SSSR count). The van der Waals surface area contributed by atoms with Crippen LogP contribution >= 0.6 is 11.8 Å². The molecular formula is C22H32CrCuNO3SSi. The number of rotatable bonds is 4. The molecule has 0 radical (unpaired) electrons. The molecule has 0 aliphatic rings. The Kier molecular flexibility index (Phi) is 31.0. The minimum Gasteiger partial charge on any atom is 0 e.